The molecule has 0 aliphatic rings. The monoisotopic (exact) mass is 309 g/mol. The fraction of sp³-hybridized carbons (Fsp3) is 0.467. The minimum atomic E-state index is 0.381. The smallest absolute Gasteiger partial charge is 0.241 e. The Labute approximate surface area is 129 Å². The van der Waals surface area contributed by atoms with Crippen LogP contribution >= 0.6 is 11.6 Å². The van der Waals surface area contributed by atoms with E-state index in [1.54, 1.807) is 7.11 Å². The third-order valence-corrected chi connectivity index (χ3v) is 3.47. The standard InChI is InChI=1S/C15H20ClN3O2/c1-11(2)19(8-9-20-3)10-14-17-15(18-21-14)12-4-6-13(16)7-5-12/h4-7,11H,8-10H2,1-3H3. The Balaban J connectivity index is 2.06. The van der Waals surface area contributed by atoms with E-state index in [0.29, 0.717) is 35.9 Å². The van der Waals surface area contributed by atoms with Crippen molar-refractivity contribution < 1.29 is 9.26 Å². The van der Waals surface area contributed by atoms with Crippen molar-refractivity contribution in [1.29, 1.82) is 0 Å². The van der Waals surface area contributed by atoms with Crippen LogP contribution in [-0.4, -0.2) is 41.3 Å². The van der Waals surface area contributed by atoms with E-state index < -0.39 is 0 Å². The van der Waals surface area contributed by atoms with Crippen LogP contribution in [0.25, 0.3) is 11.4 Å². The molecule has 1 aromatic carbocycles. The number of methoxy groups -OCH3 is 1. The van der Waals surface area contributed by atoms with Crippen LogP contribution in [-0.2, 0) is 11.3 Å². The summed E-state index contributed by atoms with van der Waals surface area (Å²) >= 11 is 5.87. The molecule has 2 aromatic rings. The molecule has 2 rings (SSSR count). The van der Waals surface area contributed by atoms with Crippen molar-refractivity contribution in [2.45, 2.75) is 26.4 Å². The maximum Gasteiger partial charge on any atom is 0.241 e. The van der Waals surface area contributed by atoms with Crippen LogP contribution < -0.4 is 0 Å². The maximum absolute atomic E-state index is 5.87. The van der Waals surface area contributed by atoms with Crippen molar-refractivity contribution in [1.82, 2.24) is 15.0 Å². The van der Waals surface area contributed by atoms with Crippen molar-refractivity contribution in [2.24, 2.45) is 0 Å². The van der Waals surface area contributed by atoms with Crippen LogP contribution in [0.3, 0.4) is 0 Å². The van der Waals surface area contributed by atoms with Crippen molar-refractivity contribution in [3.8, 4) is 11.4 Å². The van der Waals surface area contributed by atoms with Gasteiger partial charge >= 0.3 is 0 Å². The van der Waals surface area contributed by atoms with Gasteiger partial charge in [-0.2, -0.15) is 4.98 Å². The summed E-state index contributed by atoms with van der Waals surface area (Å²) in [4.78, 5) is 6.66. The third-order valence-electron chi connectivity index (χ3n) is 3.22. The van der Waals surface area contributed by atoms with Crippen LogP contribution in [0.15, 0.2) is 28.8 Å². The zero-order valence-corrected chi connectivity index (χ0v) is 13.3. The van der Waals surface area contributed by atoms with E-state index in [-0.39, 0.29) is 0 Å². The van der Waals surface area contributed by atoms with Gasteiger partial charge in [-0.15, -0.1) is 0 Å². The van der Waals surface area contributed by atoms with Crippen LogP contribution in [0.5, 0.6) is 0 Å². The second kappa shape index (κ2) is 7.54. The Kier molecular flexibility index (Phi) is 5.73. The summed E-state index contributed by atoms with van der Waals surface area (Å²) in [6, 6.07) is 7.76. The number of aromatic nitrogens is 2. The molecule has 0 radical (unpaired) electrons. The minimum absolute atomic E-state index is 0.381. The molecule has 6 heteroatoms. The Morgan fingerprint density at radius 1 is 1.29 bits per heavy atom. The van der Waals surface area contributed by atoms with Crippen LogP contribution in [0.2, 0.25) is 5.02 Å². The largest absolute Gasteiger partial charge is 0.383 e. The van der Waals surface area contributed by atoms with E-state index in [9.17, 15) is 0 Å². The molecule has 0 spiro atoms. The first-order valence-electron chi connectivity index (χ1n) is 6.91. The molecule has 1 heterocycles. The van der Waals surface area contributed by atoms with Gasteiger partial charge in [-0.3, -0.25) is 4.90 Å². The number of hydrogen-bond donors (Lipinski definition) is 0. The van der Waals surface area contributed by atoms with Crippen molar-refractivity contribution in [2.75, 3.05) is 20.3 Å². The lowest BCUT2D eigenvalue weighted by Gasteiger charge is -2.24. The van der Waals surface area contributed by atoms with Gasteiger partial charge in [0.15, 0.2) is 0 Å². The van der Waals surface area contributed by atoms with Gasteiger partial charge in [0.1, 0.15) is 0 Å². The predicted molar refractivity (Wildman–Crippen MR) is 82.2 cm³/mol. The molecule has 1 aromatic heterocycles. The van der Waals surface area contributed by atoms with E-state index in [2.05, 4.69) is 28.9 Å². The number of ether oxygens (including phenoxy) is 1. The summed E-state index contributed by atoms with van der Waals surface area (Å²) < 4.78 is 10.5. The zero-order valence-electron chi connectivity index (χ0n) is 12.5. The Morgan fingerprint density at radius 3 is 2.62 bits per heavy atom. The van der Waals surface area contributed by atoms with E-state index in [0.717, 1.165) is 12.1 Å². The van der Waals surface area contributed by atoms with Gasteiger partial charge in [-0.1, -0.05) is 16.8 Å². The molecule has 114 valence electrons. The molecular weight excluding hydrogens is 290 g/mol. The van der Waals surface area contributed by atoms with Gasteiger partial charge < -0.3 is 9.26 Å². The fourth-order valence-electron chi connectivity index (χ4n) is 1.94. The van der Waals surface area contributed by atoms with Crippen LogP contribution in [0.1, 0.15) is 19.7 Å². The second-order valence-electron chi connectivity index (χ2n) is 5.08. The number of rotatable bonds is 7. The highest BCUT2D eigenvalue weighted by molar-refractivity contribution is 6.30. The van der Waals surface area contributed by atoms with E-state index in [1.165, 1.54) is 0 Å². The molecule has 0 saturated heterocycles. The van der Waals surface area contributed by atoms with Crippen LogP contribution in [0.4, 0.5) is 0 Å². The van der Waals surface area contributed by atoms with Crippen molar-refractivity contribution >= 4 is 11.6 Å². The summed E-state index contributed by atoms with van der Waals surface area (Å²) in [5, 5.41) is 4.71. The van der Waals surface area contributed by atoms with Gasteiger partial charge in [-0.25, -0.2) is 0 Å². The normalized spacial score (nSPS) is 11.5. The summed E-state index contributed by atoms with van der Waals surface area (Å²) in [6.07, 6.45) is 0. The Hall–Kier alpha value is -1.43. The molecule has 5 nitrogen and oxygen atoms in total. The van der Waals surface area contributed by atoms with Gasteiger partial charge in [-0.05, 0) is 38.1 Å². The highest BCUT2D eigenvalue weighted by Crippen LogP contribution is 2.19. The first kappa shape index (κ1) is 15.9. The maximum atomic E-state index is 5.87. The van der Waals surface area contributed by atoms with Crippen LogP contribution in [0, 0.1) is 0 Å². The Bertz CT molecular complexity index is 554. The average Bonchev–Trinajstić information content (AvgIpc) is 2.92. The summed E-state index contributed by atoms with van der Waals surface area (Å²) in [5.41, 5.74) is 0.891. The molecule has 21 heavy (non-hydrogen) atoms. The molecule has 0 N–H and O–H groups in total. The molecule has 0 aliphatic heterocycles. The zero-order chi connectivity index (χ0) is 15.2. The molecule has 0 amide bonds. The Morgan fingerprint density at radius 2 is 2.00 bits per heavy atom. The topological polar surface area (TPSA) is 51.4 Å². The third kappa shape index (κ3) is 4.52. The summed E-state index contributed by atoms with van der Waals surface area (Å²) in [6.45, 7) is 6.38. The van der Waals surface area contributed by atoms with Gasteiger partial charge in [0.25, 0.3) is 0 Å². The lowest BCUT2D eigenvalue weighted by molar-refractivity contribution is 0.115. The number of benzene rings is 1. The first-order chi connectivity index (χ1) is 10.1. The number of halogens is 1. The second-order valence-corrected chi connectivity index (χ2v) is 5.51. The minimum Gasteiger partial charge on any atom is -0.383 e. The lowest BCUT2D eigenvalue weighted by Crippen LogP contribution is -2.33. The van der Waals surface area contributed by atoms with Gasteiger partial charge in [0.05, 0.1) is 13.2 Å². The van der Waals surface area contributed by atoms with Gasteiger partial charge in [0, 0.05) is 30.3 Å². The van der Waals surface area contributed by atoms with E-state index in [4.69, 9.17) is 20.9 Å². The summed E-state index contributed by atoms with van der Waals surface area (Å²) in [5.74, 6) is 1.18. The number of hydrogen-bond acceptors (Lipinski definition) is 5. The molecule has 0 unspecified atom stereocenters. The summed E-state index contributed by atoms with van der Waals surface area (Å²) in [7, 11) is 1.70. The molecule has 0 saturated carbocycles. The molecule has 0 fully saturated rings. The SMILES string of the molecule is COCCN(Cc1nc(-c2ccc(Cl)cc2)no1)C(C)C. The van der Waals surface area contributed by atoms with Crippen molar-refractivity contribution in [3.05, 3.63) is 35.2 Å². The molecule has 0 atom stereocenters. The van der Waals surface area contributed by atoms with Crippen molar-refractivity contribution in [3.63, 3.8) is 0 Å². The van der Waals surface area contributed by atoms with E-state index in [1.807, 2.05) is 24.3 Å². The predicted octanol–water partition coefficient (Wildman–Crippen LogP) is 3.25. The first-order valence-corrected chi connectivity index (χ1v) is 7.29. The molecule has 0 bridgehead atoms. The molecule has 0 aliphatic carbocycles. The number of nitrogens with zero attached hydrogens (tertiary/aromatic N) is 3. The molecular formula is C15H20ClN3O2. The lowest BCUT2D eigenvalue weighted by atomic mass is 10.2. The van der Waals surface area contributed by atoms with Gasteiger partial charge in [0.2, 0.25) is 11.7 Å². The van der Waals surface area contributed by atoms with E-state index >= 15 is 0 Å². The quantitative estimate of drug-likeness (QED) is 0.786. The highest BCUT2D eigenvalue weighted by atomic mass is 35.5. The fourth-order valence-corrected chi connectivity index (χ4v) is 2.06. The highest BCUT2D eigenvalue weighted by Gasteiger charge is 2.15. The average molecular weight is 310 g/mol.